The number of amides is 4. The molecule has 4 atom stereocenters. The summed E-state index contributed by atoms with van der Waals surface area (Å²) in [6, 6.07) is 21.8. The Labute approximate surface area is 399 Å². The van der Waals surface area contributed by atoms with Crippen molar-refractivity contribution in [2.24, 2.45) is 20.5 Å². The van der Waals surface area contributed by atoms with E-state index in [1.165, 1.54) is 62.8 Å². The van der Waals surface area contributed by atoms with Crippen molar-refractivity contribution in [2.45, 2.75) is 50.5 Å². The largest absolute Gasteiger partial charge is 0.494 e. The molecule has 0 fully saturated rings. The minimum absolute atomic E-state index is 0.0199. The lowest BCUT2D eigenvalue weighted by Crippen LogP contribution is -2.32. The summed E-state index contributed by atoms with van der Waals surface area (Å²) in [5.74, 6) is -4.28. The maximum atomic E-state index is 13.6. The SMILES string of the molecule is COc1cc(NC(=O)C(N=Nc2ccc(Cl)c(C(=O)Nc3cccc(C(C)Cl)c3)c2)C(C)=O)cc(OC)c1NC(=O)C(N=Nc1ccc(Cl)c(C(=O)Nc2cccc(C(C)Cl)c2)c1)C(C)=O. The van der Waals surface area contributed by atoms with E-state index in [-0.39, 0.29) is 66.2 Å². The molecule has 0 spiro atoms. The zero-order valence-electron chi connectivity index (χ0n) is 36.1. The highest BCUT2D eigenvalue weighted by molar-refractivity contribution is 6.35. The molecule has 0 heterocycles. The quantitative estimate of drug-likeness (QED) is 0.0375. The Hall–Kier alpha value is -6.72. The summed E-state index contributed by atoms with van der Waals surface area (Å²) >= 11 is 25.1. The number of carbonyl (C=O) groups is 6. The number of ether oxygens (including phenoxy) is 2. The van der Waals surface area contributed by atoms with E-state index in [1.807, 2.05) is 12.1 Å². The van der Waals surface area contributed by atoms with Crippen molar-refractivity contribution in [3.8, 4) is 11.5 Å². The number of hydrogen-bond acceptors (Lipinski definition) is 12. The van der Waals surface area contributed by atoms with Crippen LogP contribution in [0.2, 0.25) is 10.0 Å². The van der Waals surface area contributed by atoms with Crippen LogP contribution in [0.5, 0.6) is 11.5 Å². The topological polar surface area (TPSA) is 218 Å². The molecule has 0 saturated heterocycles. The minimum Gasteiger partial charge on any atom is -0.494 e. The molecule has 0 aromatic heterocycles. The Kier molecular flexibility index (Phi) is 17.5. The third-order valence-corrected chi connectivity index (χ3v) is 10.6. The fourth-order valence-electron chi connectivity index (χ4n) is 6.02. The summed E-state index contributed by atoms with van der Waals surface area (Å²) in [5, 5.41) is 26.4. The number of benzene rings is 5. The smallest absolute Gasteiger partial charge is 0.259 e. The predicted octanol–water partition coefficient (Wildman–Crippen LogP) is 11.5. The molecule has 0 aliphatic carbocycles. The van der Waals surface area contributed by atoms with Crippen molar-refractivity contribution in [1.29, 1.82) is 0 Å². The Balaban J connectivity index is 1.30. The highest BCUT2D eigenvalue weighted by Gasteiger charge is 2.28. The van der Waals surface area contributed by atoms with E-state index in [4.69, 9.17) is 55.9 Å². The molecule has 0 aliphatic rings. The maximum absolute atomic E-state index is 13.6. The first kappa shape index (κ1) is 50.3. The van der Waals surface area contributed by atoms with Gasteiger partial charge >= 0.3 is 0 Å². The number of ketones is 2. The van der Waals surface area contributed by atoms with Gasteiger partial charge in [0.2, 0.25) is 12.1 Å². The van der Waals surface area contributed by atoms with Gasteiger partial charge in [-0.1, -0.05) is 47.5 Å². The Bertz CT molecular complexity index is 2720. The third-order valence-electron chi connectivity index (χ3n) is 9.46. The number of anilines is 4. The molecule has 5 aromatic carbocycles. The first-order valence-corrected chi connectivity index (χ1v) is 21.4. The lowest BCUT2D eigenvalue weighted by Gasteiger charge is -2.18. The van der Waals surface area contributed by atoms with Crippen molar-refractivity contribution >= 4 is 116 Å². The average Bonchev–Trinajstić information content (AvgIpc) is 3.27. The van der Waals surface area contributed by atoms with Gasteiger partial charge < -0.3 is 30.7 Å². The van der Waals surface area contributed by atoms with Gasteiger partial charge in [-0.3, -0.25) is 28.8 Å². The van der Waals surface area contributed by atoms with Gasteiger partial charge in [0.05, 0.1) is 57.5 Å². The summed E-state index contributed by atoms with van der Waals surface area (Å²) in [6.07, 6.45) is 0. The second kappa shape index (κ2) is 22.9. The number of Topliss-reactive ketones (excluding diaryl/α,β-unsaturated/α-hetero) is 2. The lowest BCUT2D eigenvalue weighted by molar-refractivity contribution is -0.127. The molecule has 0 aliphatic heterocycles. The van der Waals surface area contributed by atoms with E-state index in [2.05, 4.69) is 41.7 Å². The van der Waals surface area contributed by atoms with E-state index in [0.29, 0.717) is 11.4 Å². The van der Waals surface area contributed by atoms with Gasteiger partial charge in [-0.25, -0.2) is 0 Å². The van der Waals surface area contributed by atoms with Crippen LogP contribution < -0.4 is 30.7 Å². The normalized spacial score (nSPS) is 13.0. The Morgan fingerprint density at radius 3 is 1.32 bits per heavy atom. The van der Waals surface area contributed by atoms with Crippen molar-refractivity contribution in [3.63, 3.8) is 0 Å². The minimum atomic E-state index is -1.67. The molecule has 5 aromatic rings. The summed E-state index contributed by atoms with van der Waals surface area (Å²) in [5.41, 5.74) is 2.96. The van der Waals surface area contributed by atoms with Crippen LogP contribution in [0.1, 0.15) is 70.3 Å². The molecule has 4 unspecified atom stereocenters. The molecule has 4 N–H and O–H groups in total. The van der Waals surface area contributed by atoms with E-state index in [9.17, 15) is 28.8 Å². The number of hydrogen-bond donors (Lipinski definition) is 4. The fraction of sp³-hybridized carbons (Fsp3) is 0.217. The highest BCUT2D eigenvalue weighted by atomic mass is 35.5. The van der Waals surface area contributed by atoms with Crippen LogP contribution in [0.3, 0.4) is 0 Å². The molecule has 5 rings (SSSR count). The molecule has 342 valence electrons. The molecule has 16 nitrogen and oxygen atoms in total. The van der Waals surface area contributed by atoms with Crippen molar-refractivity contribution in [3.05, 3.63) is 129 Å². The van der Waals surface area contributed by atoms with E-state index in [1.54, 1.807) is 50.2 Å². The number of nitrogens with zero attached hydrogens (tertiary/aromatic N) is 4. The molecule has 20 heteroatoms. The first-order chi connectivity index (χ1) is 31.4. The van der Waals surface area contributed by atoms with Gasteiger partial charge in [0.1, 0.15) is 17.2 Å². The number of azo groups is 2. The number of methoxy groups -OCH3 is 2. The molecular formula is C46H42Cl4N8O8. The number of alkyl halides is 2. The molecule has 0 bridgehead atoms. The van der Waals surface area contributed by atoms with Crippen LogP contribution >= 0.6 is 46.4 Å². The Morgan fingerprint density at radius 1 is 0.530 bits per heavy atom. The van der Waals surface area contributed by atoms with Gasteiger partial charge in [0, 0.05) is 29.2 Å². The number of carbonyl (C=O) groups excluding carboxylic acids is 6. The second-order valence-corrected chi connectivity index (χ2v) is 16.5. The number of halogens is 4. The van der Waals surface area contributed by atoms with Gasteiger partial charge in [-0.15, -0.1) is 23.2 Å². The molecule has 0 radical (unpaired) electrons. The summed E-state index contributed by atoms with van der Waals surface area (Å²) in [4.78, 5) is 78.8. The van der Waals surface area contributed by atoms with Gasteiger partial charge in [-0.05, 0) is 99.5 Å². The van der Waals surface area contributed by atoms with Crippen LogP contribution in [-0.4, -0.2) is 61.5 Å². The number of rotatable bonds is 18. The van der Waals surface area contributed by atoms with Crippen molar-refractivity contribution < 1.29 is 38.2 Å². The van der Waals surface area contributed by atoms with Crippen LogP contribution in [0.15, 0.2) is 118 Å². The van der Waals surface area contributed by atoms with Crippen LogP contribution in [0, 0.1) is 0 Å². The highest BCUT2D eigenvalue weighted by Crippen LogP contribution is 2.39. The van der Waals surface area contributed by atoms with Crippen LogP contribution in [0.25, 0.3) is 0 Å². The van der Waals surface area contributed by atoms with E-state index < -0.39 is 47.3 Å². The van der Waals surface area contributed by atoms with E-state index >= 15 is 0 Å². The van der Waals surface area contributed by atoms with Crippen LogP contribution in [0.4, 0.5) is 34.1 Å². The molecule has 4 amide bonds. The van der Waals surface area contributed by atoms with Crippen molar-refractivity contribution in [1.82, 2.24) is 0 Å². The zero-order chi connectivity index (χ0) is 48.2. The van der Waals surface area contributed by atoms with Crippen LogP contribution in [-0.2, 0) is 19.2 Å². The third kappa shape index (κ3) is 13.2. The van der Waals surface area contributed by atoms with Crippen molar-refractivity contribution in [2.75, 3.05) is 35.5 Å². The summed E-state index contributed by atoms with van der Waals surface area (Å²) in [7, 11) is 2.57. The summed E-state index contributed by atoms with van der Waals surface area (Å²) < 4.78 is 11.0. The predicted molar refractivity (Wildman–Crippen MR) is 255 cm³/mol. The average molecular weight is 977 g/mol. The number of nitrogens with one attached hydrogen (secondary N) is 4. The zero-order valence-corrected chi connectivity index (χ0v) is 39.1. The first-order valence-electron chi connectivity index (χ1n) is 19.8. The summed E-state index contributed by atoms with van der Waals surface area (Å²) in [6.45, 7) is 5.89. The van der Waals surface area contributed by atoms with E-state index in [0.717, 1.165) is 25.0 Å². The van der Waals surface area contributed by atoms with Gasteiger partial charge in [0.15, 0.2) is 11.6 Å². The monoisotopic (exact) mass is 974 g/mol. The van der Waals surface area contributed by atoms with Gasteiger partial charge in [0.25, 0.3) is 23.6 Å². The second-order valence-electron chi connectivity index (χ2n) is 14.4. The maximum Gasteiger partial charge on any atom is 0.259 e. The fourth-order valence-corrected chi connectivity index (χ4v) is 6.70. The van der Waals surface area contributed by atoms with Gasteiger partial charge in [-0.2, -0.15) is 20.5 Å². The Morgan fingerprint density at radius 2 is 0.939 bits per heavy atom. The molecule has 0 saturated carbocycles. The lowest BCUT2D eigenvalue weighted by atomic mass is 10.1. The molecule has 66 heavy (non-hydrogen) atoms. The molecular weight excluding hydrogens is 934 g/mol. The standard InChI is InChI=1S/C46H42Cl4N8O8/c1-23(47)27-9-7-11-29(17-27)51-43(61)34-19-31(13-15-36(34)49)55-57-40(25(3)59)45(63)53-33-21-38(65-5)42(39(22-33)66-6)54-46(64)41(26(4)60)58-56-32-14-16-37(50)35(20-32)44(62)52-30-12-8-10-28(18-30)24(2)48/h7-24,40-41H,1-6H3,(H,51,61)(H,52,62)(H,53,63)(H,54,64).